The third-order valence-electron chi connectivity index (χ3n) is 2.96. The molecule has 15 heavy (non-hydrogen) atoms. The average molecular weight is 214 g/mol. The van der Waals surface area contributed by atoms with Crippen molar-refractivity contribution in [3.8, 4) is 0 Å². The van der Waals surface area contributed by atoms with E-state index in [-0.39, 0.29) is 24.1 Å². The molecule has 0 amide bonds. The highest BCUT2D eigenvalue weighted by Crippen LogP contribution is 2.30. The van der Waals surface area contributed by atoms with E-state index in [0.717, 1.165) is 12.8 Å². The molecule has 1 aliphatic rings. The molecule has 0 radical (unpaired) electrons. The molecule has 0 aromatic rings. The third kappa shape index (κ3) is 3.82. The van der Waals surface area contributed by atoms with Crippen molar-refractivity contribution >= 4 is 5.97 Å². The summed E-state index contributed by atoms with van der Waals surface area (Å²) in [6, 6.07) is 0. The van der Waals surface area contributed by atoms with Gasteiger partial charge in [-0.25, -0.2) is 0 Å². The predicted octanol–water partition coefficient (Wildman–Crippen LogP) is 2.27. The number of hydrogen-bond acceptors (Lipinski definition) is 3. The minimum atomic E-state index is -0.374. The molecule has 1 fully saturated rings. The number of aliphatic hydroxyl groups excluding tert-OH is 1. The van der Waals surface area contributed by atoms with Crippen molar-refractivity contribution in [2.75, 3.05) is 0 Å². The van der Waals surface area contributed by atoms with Crippen molar-refractivity contribution in [3.63, 3.8) is 0 Å². The molecular formula is C12H22O3. The molecule has 0 aromatic carbocycles. The fourth-order valence-electron chi connectivity index (χ4n) is 2.04. The Kier molecular flexibility index (Phi) is 5.09. The molecule has 88 valence electrons. The van der Waals surface area contributed by atoms with E-state index in [1.807, 2.05) is 0 Å². The predicted molar refractivity (Wildman–Crippen MR) is 58.4 cm³/mol. The summed E-state index contributed by atoms with van der Waals surface area (Å²) in [7, 11) is 0. The Morgan fingerprint density at radius 1 is 1.40 bits per heavy atom. The second-order valence-corrected chi connectivity index (χ2v) is 4.52. The van der Waals surface area contributed by atoms with Crippen molar-refractivity contribution < 1.29 is 14.6 Å². The molecule has 1 heterocycles. The molecule has 3 heteroatoms. The van der Waals surface area contributed by atoms with E-state index < -0.39 is 0 Å². The average Bonchev–Trinajstić information content (AvgIpc) is 2.16. The zero-order valence-corrected chi connectivity index (χ0v) is 9.74. The summed E-state index contributed by atoms with van der Waals surface area (Å²) in [5.74, 6) is -0.0198. The molecule has 0 saturated carbocycles. The lowest BCUT2D eigenvalue weighted by Gasteiger charge is -2.35. The van der Waals surface area contributed by atoms with Crippen LogP contribution in [0.2, 0.25) is 0 Å². The Labute approximate surface area is 91.8 Å². The summed E-state index contributed by atoms with van der Waals surface area (Å²) in [4.78, 5) is 11.2. The van der Waals surface area contributed by atoms with E-state index in [1.54, 1.807) is 6.92 Å². The second-order valence-electron chi connectivity index (χ2n) is 4.52. The quantitative estimate of drug-likeness (QED) is 0.522. The van der Waals surface area contributed by atoms with E-state index in [4.69, 9.17) is 4.74 Å². The van der Waals surface area contributed by atoms with E-state index in [2.05, 4.69) is 6.92 Å². The van der Waals surface area contributed by atoms with Crippen LogP contribution in [0.5, 0.6) is 0 Å². The summed E-state index contributed by atoms with van der Waals surface area (Å²) < 4.78 is 5.02. The number of carbonyl (C=O) groups excluding carboxylic acids is 1. The molecule has 0 aromatic heterocycles. The highest BCUT2D eigenvalue weighted by molar-refractivity contribution is 5.78. The molecule has 1 rings (SSSR count). The van der Waals surface area contributed by atoms with Gasteiger partial charge in [-0.3, -0.25) is 4.79 Å². The van der Waals surface area contributed by atoms with Crippen LogP contribution < -0.4 is 0 Å². The number of aliphatic hydroxyl groups is 1. The van der Waals surface area contributed by atoms with E-state index in [9.17, 15) is 9.90 Å². The maximum absolute atomic E-state index is 11.2. The molecule has 0 aliphatic carbocycles. The van der Waals surface area contributed by atoms with Crippen LogP contribution in [0.25, 0.3) is 0 Å². The zero-order valence-electron chi connectivity index (χ0n) is 9.74. The minimum Gasteiger partial charge on any atom is -0.461 e. The van der Waals surface area contributed by atoms with Crippen molar-refractivity contribution in [2.45, 2.75) is 64.6 Å². The molecule has 3 nitrogen and oxygen atoms in total. The lowest BCUT2D eigenvalue weighted by molar-refractivity contribution is -0.188. The highest BCUT2D eigenvalue weighted by Gasteiger charge is 2.41. The fourth-order valence-corrected chi connectivity index (χ4v) is 2.04. The molecule has 1 saturated heterocycles. The minimum absolute atomic E-state index is 0.0286. The second kappa shape index (κ2) is 6.11. The molecule has 1 unspecified atom stereocenters. The third-order valence-corrected chi connectivity index (χ3v) is 2.96. The van der Waals surface area contributed by atoms with E-state index in [0.29, 0.717) is 6.42 Å². The monoisotopic (exact) mass is 214 g/mol. The number of rotatable bonds is 7. The van der Waals surface area contributed by atoms with Gasteiger partial charge in [0.2, 0.25) is 0 Å². The van der Waals surface area contributed by atoms with Gasteiger partial charge in [-0.05, 0) is 13.3 Å². The van der Waals surface area contributed by atoms with Gasteiger partial charge in [0.15, 0.2) is 0 Å². The fraction of sp³-hybridized carbons (Fsp3) is 0.917. The lowest BCUT2D eigenvalue weighted by atomic mass is 9.88. The van der Waals surface area contributed by atoms with Gasteiger partial charge < -0.3 is 9.84 Å². The SMILES string of the molecule is CCCCCC[C@@H]1C(=O)OC1C[C@@H](C)O. The molecular weight excluding hydrogens is 192 g/mol. The Hall–Kier alpha value is -0.570. The molecule has 0 bridgehead atoms. The van der Waals surface area contributed by atoms with Gasteiger partial charge in [0.25, 0.3) is 0 Å². The lowest BCUT2D eigenvalue weighted by Crippen LogP contribution is -2.46. The van der Waals surface area contributed by atoms with Crippen LogP contribution in [-0.4, -0.2) is 23.3 Å². The topological polar surface area (TPSA) is 46.5 Å². The Bertz CT molecular complexity index is 201. The van der Waals surface area contributed by atoms with Crippen LogP contribution in [0.1, 0.15) is 52.4 Å². The van der Waals surface area contributed by atoms with Gasteiger partial charge in [0.05, 0.1) is 12.0 Å². The molecule has 1 N–H and O–H groups in total. The van der Waals surface area contributed by atoms with Gasteiger partial charge in [-0.2, -0.15) is 0 Å². The van der Waals surface area contributed by atoms with Gasteiger partial charge in [-0.1, -0.05) is 32.6 Å². The summed E-state index contributed by atoms with van der Waals surface area (Å²) in [5, 5.41) is 9.21. The van der Waals surface area contributed by atoms with Crippen molar-refractivity contribution in [1.82, 2.24) is 0 Å². The summed E-state index contributed by atoms with van der Waals surface area (Å²) in [6.07, 6.45) is 5.86. The number of cyclic esters (lactones) is 1. The first-order valence-corrected chi connectivity index (χ1v) is 6.03. The number of esters is 1. The number of hydrogen-bond donors (Lipinski definition) is 1. The Balaban J connectivity index is 2.17. The summed E-state index contributed by atoms with van der Waals surface area (Å²) in [5.41, 5.74) is 0. The maximum atomic E-state index is 11.2. The van der Waals surface area contributed by atoms with Crippen LogP contribution in [0.3, 0.4) is 0 Å². The zero-order chi connectivity index (χ0) is 11.3. The molecule has 3 atom stereocenters. The molecule has 1 aliphatic heterocycles. The first-order valence-electron chi connectivity index (χ1n) is 6.03. The van der Waals surface area contributed by atoms with Crippen LogP contribution in [0.15, 0.2) is 0 Å². The van der Waals surface area contributed by atoms with Crippen molar-refractivity contribution in [3.05, 3.63) is 0 Å². The molecule has 0 spiro atoms. The van der Waals surface area contributed by atoms with Gasteiger partial charge in [-0.15, -0.1) is 0 Å². The summed E-state index contributed by atoms with van der Waals surface area (Å²) in [6.45, 7) is 3.91. The van der Waals surface area contributed by atoms with Crippen LogP contribution >= 0.6 is 0 Å². The highest BCUT2D eigenvalue weighted by atomic mass is 16.6. The van der Waals surface area contributed by atoms with Crippen molar-refractivity contribution in [1.29, 1.82) is 0 Å². The Morgan fingerprint density at radius 2 is 2.13 bits per heavy atom. The van der Waals surface area contributed by atoms with Gasteiger partial charge in [0.1, 0.15) is 6.10 Å². The largest absolute Gasteiger partial charge is 0.461 e. The van der Waals surface area contributed by atoms with E-state index in [1.165, 1.54) is 19.3 Å². The normalized spacial score (nSPS) is 27.0. The summed E-state index contributed by atoms with van der Waals surface area (Å²) >= 11 is 0. The maximum Gasteiger partial charge on any atom is 0.313 e. The standard InChI is InChI=1S/C12H22O3/c1-3-4-5-6-7-10-11(8-9(2)13)15-12(10)14/h9-11,13H,3-8H2,1-2H3/t9-,10+,11?/m1/s1. The van der Waals surface area contributed by atoms with E-state index >= 15 is 0 Å². The smallest absolute Gasteiger partial charge is 0.313 e. The van der Waals surface area contributed by atoms with Gasteiger partial charge >= 0.3 is 5.97 Å². The van der Waals surface area contributed by atoms with Crippen LogP contribution in [-0.2, 0) is 9.53 Å². The number of unbranched alkanes of at least 4 members (excludes halogenated alkanes) is 3. The Morgan fingerprint density at radius 3 is 2.67 bits per heavy atom. The van der Waals surface area contributed by atoms with Crippen LogP contribution in [0, 0.1) is 5.92 Å². The number of carbonyl (C=O) groups is 1. The first kappa shape index (κ1) is 12.5. The number of ether oxygens (including phenoxy) is 1. The van der Waals surface area contributed by atoms with Crippen molar-refractivity contribution in [2.24, 2.45) is 5.92 Å². The van der Waals surface area contributed by atoms with Crippen LogP contribution in [0.4, 0.5) is 0 Å². The van der Waals surface area contributed by atoms with Gasteiger partial charge in [0, 0.05) is 6.42 Å². The first-order chi connectivity index (χ1) is 7.15.